The number of ether oxygens (including phenoxy) is 1. The van der Waals surface area contributed by atoms with Crippen molar-refractivity contribution in [1.29, 1.82) is 0 Å². The standard InChI is InChI=1S/C20H36O2.C14H28O/c1-3-4-5-6-7-8-9-10-11-12-13-14-15-16-17-18-19-22-20(2)21;1-2-3-4-5-6-7-8-9-10-11-12-13-14-15/h6-7,17-18H,3-5,8-16,19H2,1-2H3;3-4,15H,2,5-14H2,1H3/b7-6-,18-17-;4-3+. The van der Waals surface area contributed by atoms with E-state index in [1.54, 1.807) is 0 Å². The molecule has 3 heteroatoms. The Hall–Kier alpha value is -1.35. The summed E-state index contributed by atoms with van der Waals surface area (Å²) in [5, 5.41) is 8.60. The minimum absolute atomic E-state index is 0.207. The monoisotopic (exact) mass is 520 g/mol. The first-order valence-corrected chi connectivity index (χ1v) is 15.9. The average Bonchev–Trinajstić information content (AvgIpc) is 2.89. The number of hydrogen-bond acceptors (Lipinski definition) is 3. The third-order valence-electron chi connectivity index (χ3n) is 6.36. The van der Waals surface area contributed by atoms with E-state index in [9.17, 15) is 4.79 Å². The predicted octanol–water partition coefficient (Wildman–Crippen LogP) is 10.8. The van der Waals surface area contributed by atoms with Crippen molar-refractivity contribution in [3.8, 4) is 0 Å². The summed E-state index contributed by atoms with van der Waals surface area (Å²) in [5.41, 5.74) is 0. The first kappa shape index (κ1) is 37.8. The van der Waals surface area contributed by atoms with Gasteiger partial charge in [-0.1, -0.05) is 134 Å². The molecule has 0 unspecified atom stereocenters. The second-order valence-corrected chi connectivity index (χ2v) is 10.2. The number of unbranched alkanes of at least 4 members (excludes halogenated alkanes) is 18. The summed E-state index contributed by atoms with van der Waals surface area (Å²) in [6.45, 7) is 6.65. The Balaban J connectivity index is 0. The van der Waals surface area contributed by atoms with Gasteiger partial charge < -0.3 is 9.84 Å². The highest BCUT2D eigenvalue weighted by Crippen LogP contribution is 2.11. The molecule has 0 rings (SSSR count). The van der Waals surface area contributed by atoms with Crippen molar-refractivity contribution < 1.29 is 14.6 Å². The first-order chi connectivity index (χ1) is 18.2. The van der Waals surface area contributed by atoms with Gasteiger partial charge >= 0.3 is 5.97 Å². The van der Waals surface area contributed by atoms with Crippen molar-refractivity contribution in [3.05, 3.63) is 36.5 Å². The van der Waals surface area contributed by atoms with Crippen LogP contribution < -0.4 is 0 Å². The van der Waals surface area contributed by atoms with Crippen molar-refractivity contribution in [2.45, 2.75) is 162 Å². The van der Waals surface area contributed by atoms with Gasteiger partial charge in [-0.3, -0.25) is 4.79 Å². The van der Waals surface area contributed by atoms with Crippen molar-refractivity contribution in [1.82, 2.24) is 0 Å². The van der Waals surface area contributed by atoms with Gasteiger partial charge in [-0.25, -0.2) is 0 Å². The van der Waals surface area contributed by atoms with E-state index in [4.69, 9.17) is 9.84 Å². The summed E-state index contributed by atoms with van der Waals surface area (Å²) in [5.74, 6) is -0.207. The summed E-state index contributed by atoms with van der Waals surface area (Å²) in [4.78, 5) is 10.5. The quantitative estimate of drug-likeness (QED) is 0.0700. The summed E-state index contributed by atoms with van der Waals surface area (Å²) in [7, 11) is 0. The fourth-order valence-corrected chi connectivity index (χ4v) is 4.04. The second-order valence-electron chi connectivity index (χ2n) is 10.2. The lowest BCUT2D eigenvalue weighted by molar-refractivity contribution is -0.139. The number of allylic oxidation sites excluding steroid dienone is 5. The summed E-state index contributed by atoms with van der Waals surface area (Å²) < 4.78 is 4.83. The maximum absolute atomic E-state index is 10.5. The van der Waals surface area contributed by atoms with E-state index >= 15 is 0 Å². The molecule has 0 atom stereocenters. The normalized spacial score (nSPS) is 11.5. The Morgan fingerprint density at radius 2 is 0.919 bits per heavy atom. The lowest BCUT2D eigenvalue weighted by atomic mass is 10.1. The summed E-state index contributed by atoms with van der Waals surface area (Å²) in [6, 6.07) is 0. The molecule has 0 saturated heterocycles. The van der Waals surface area contributed by atoms with E-state index in [1.165, 1.54) is 135 Å². The lowest BCUT2D eigenvalue weighted by Gasteiger charge is -2.00. The van der Waals surface area contributed by atoms with Gasteiger partial charge in [0.05, 0.1) is 0 Å². The molecule has 0 bridgehead atoms. The van der Waals surface area contributed by atoms with Gasteiger partial charge in [0.1, 0.15) is 6.61 Å². The van der Waals surface area contributed by atoms with Gasteiger partial charge in [0, 0.05) is 13.5 Å². The number of hydrogen-bond donors (Lipinski definition) is 1. The van der Waals surface area contributed by atoms with E-state index in [0.29, 0.717) is 13.2 Å². The first-order valence-electron chi connectivity index (χ1n) is 15.9. The van der Waals surface area contributed by atoms with Gasteiger partial charge in [0.2, 0.25) is 0 Å². The van der Waals surface area contributed by atoms with Crippen LogP contribution in [-0.2, 0) is 9.53 Å². The lowest BCUT2D eigenvalue weighted by Crippen LogP contribution is -1.97. The molecule has 0 radical (unpaired) electrons. The van der Waals surface area contributed by atoms with Gasteiger partial charge in [-0.05, 0) is 57.8 Å². The highest BCUT2D eigenvalue weighted by Gasteiger charge is 1.92. The zero-order chi connectivity index (χ0) is 27.5. The molecule has 1 N–H and O–H groups in total. The largest absolute Gasteiger partial charge is 0.462 e. The Bertz CT molecular complexity index is 507. The maximum Gasteiger partial charge on any atom is 0.302 e. The van der Waals surface area contributed by atoms with Crippen molar-refractivity contribution in [2.75, 3.05) is 13.2 Å². The highest BCUT2D eigenvalue weighted by atomic mass is 16.5. The third kappa shape index (κ3) is 42.0. The molecule has 0 aromatic rings. The topological polar surface area (TPSA) is 46.5 Å². The average molecular weight is 521 g/mol. The molecule has 3 nitrogen and oxygen atoms in total. The van der Waals surface area contributed by atoms with E-state index < -0.39 is 0 Å². The molecular formula is C34H64O3. The Morgan fingerprint density at radius 1 is 0.541 bits per heavy atom. The predicted molar refractivity (Wildman–Crippen MR) is 164 cm³/mol. The van der Waals surface area contributed by atoms with Crippen molar-refractivity contribution in [3.63, 3.8) is 0 Å². The SMILES string of the molecule is CC/C=C/CCCCCCCCCCO.CCCC/C=C\CCCCCCCCC/C=C\COC(C)=O. The van der Waals surface area contributed by atoms with E-state index in [1.807, 2.05) is 6.08 Å². The van der Waals surface area contributed by atoms with Gasteiger partial charge in [0.15, 0.2) is 0 Å². The molecule has 218 valence electrons. The van der Waals surface area contributed by atoms with Gasteiger partial charge in [-0.2, -0.15) is 0 Å². The van der Waals surface area contributed by atoms with Crippen LogP contribution in [0, 0.1) is 0 Å². The molecule has 0 aliphatic carbocycles. The Kier molecular flexibility index (Phi) is 37.6. The highest BCUT2D eigenvalue weighted by molar-refractivity contribution is 5.65. The minimum atomic E-state index is -0.207. The molecule has 0 heterocycles. The zero-order valence-corrected chi connectivity index (χ0v) is 25.2. The van der Waals surface area contributed by atoms with Gasteiger partial charge in [-0.15, -0.1) is 0 Å². The minimum Gasteiger partial charge on any atom is -0.462 e. The van der Waals surface area contributed by atoms with Crippen LogP contribution in [0.5, 0.6) is 0 Å². The van der Waals surface area contributed by atoms with E-state index in [-0.39, 0.29) is 5.97 Å². The van der Waals surface area contributed by atoms with Crippen LogP contribution in [-0.4, -0.2) is 24.3 Å². The molecule has 0 aliphatic rings. The smallest absolute Gasteiger partial charge is 0.302 e. The van der Waals surface area contributed by atoms with Crippen LogP contribution in [0.2, 0.25) is 0 Å². The van der Waals surface area contributed by atoms with E-state index in [2.05, 4.69) is 44.2 Å². The van der Waals surface area contributed by atoms with Crippen LogP contribution in [0.25, 0.3) is 0 Å². The summed E-state index contributed by atoms with van der Waals surface area (Å²) in [6.07, 6.45) is 41.7. The van der Waals surface area contributed by atoms with E-state index in [0.717, 1.165) is 12.8 Å². The van der Waals surface area contributed by atoms with Crippen molar-refractivity contribution in [2.24, 2.45) is 0 Å². The molecule has 0 spiro atoms. The molecule has 37 heavy (non-hydrogen) atoms. The maximum atomic E-state index is 10.5. The molecule has 0 aromatic heterocycles. The van der Waals surface area contributed by atoms with Crippen LogP contribution in [0.15, 0.2) is 36.5 Å². The number of carbonyl (C=O) groups is 1. The number of aliphatic hydroxyl groups excluding tert-OH is 1. The molecule has 0 aromatic carbocycles. The molecular weight excluding hydrogens is 456 g/mol. The molecule has 0 fully saturated rings. The van der Waals surface area contributed by atoms with Crippen molar-refractivity contribution >= 4 is 5.97 Å². The van der Waals surface area contributed by atoms with Crippen LogP contribution in [0.1, 0.15) is 162 Å². The third-order valence-corrected chi connectivity index (χ3v) is 6.36. The Morgan fingerprint density at radius 3 is 1.32 bits per heavy atom. The number of aliphatic hydroxyl groups is 1. The fourth-order valence-electron chi connectivity index (χ4n) is 4.04. The van der Waals surface area contributed by atoms with Gasteiger partial charge in [0.25, 0.3) is 0 Å². The van der Waals surface area contributed by atoms with Crippen LogP contribution >= 0.6 is 0 Å². The number of esters is 1. The number of carbonyl (C=O) groups excluding carboxylic acids is 1. The molecule has 0 saturated carbocycles. The summed E-state index contributed by atoms with van der Waals surface area (Å²) >= 11 is 0. The number of rotatable bonds is 26. The Labute approximate surface area is 232 Å². The zero-order valence-electron chi connectivity index (χ0n) is 25.2. The molecule has 0 amide bonds. The van der Waals surface area contributed by atoms with Crippen LogP contribution in [0.4, 0.5) is 0 Å². The fraction of sp³-hybridized carbons (Fsp3) is 0.794. The second kappa shape index (κ2) is 36.8. The van der Waals surface area contributed by atoms with Crippen LogP contribution in [0.3, 0.4) is 0 Å². The molecule has 0 aliphatic heterocycles.